The zero-order valence-corrected chi connectivity index (χ0v) is 63.8. The number of carbonyl (C=O) groups is 3. The molecule has 0 aliphatic carbocycles. The summed E-state index contributed by atoms with van der Waals surface area (Å²) in [4.78, 5) is 37.8. The van der Waals surface area contributed by atoms with Gasteiger partial charge in [-0.3, -0.25) is 9.59 Å². The van der Waals surface area contributed by atoms with Crippen LogP contribution < -0.4 is 0 Å². The monoisotopic (exact) mass is 1370 g/mol. The fourth-order valence-corrected chi connectivity index (χ4v) is 10.4. The van der Waals surface area contributed by atoms with Crippen LogP contribution in [0.5, 0.6) is 0 Å². The molecular formula is C90H146NO8+. The van der Waals surface area contributed by atoms with Crippen LogP contribution in [0, 0.1) is 0 Å². The van der Waals surface area contributed by atoms with Gasteiger partial charge in [-0.25, -0.2) is 4.79 Å². The predicted octanol–water partition coefficient (Wildman–Crippen LogP) is 25.7. The summed E-state index contributed by atoms with van der Waals surface area (Å²) in [7, 11) is 5.97. The number of unbranched alkanes of at least 4 members (excludes halogenated alkanes) is 24. The van der Waals surface area contributed by atoms with E-state index in [1.54, 1.807) is 0 Å². The van der Waals surface area contributed by atoms with Crippen LogP contribution in [0.3, 0.4) is 0 Å². The minimum atomic E-state index is -1.52. The number of nitrogens with zero attached hydrogens (tertiary/aromatic N) is 1. The number of allylic oxidation sites excluding steroid dienone is 32. The molecule has 0 fully saturated rings. The smallest absolute Gasteiger partial charge is 0.361 e. The summed E-state index contributed by atoms with van der Waals surface area (Å²) in [5.41, 5.74) is 0. The van der Waals surface area contributed by atoms with E-state index in [9.17, 15) is 19.5 Å². The molecule has 0 aromatic carbocycles. The van der Waals surface area contributed by atoms with E-state index in [1.807, 2.05) is 21.1 Å². The average Bonchev–Trinajstić information content (AvgIpc) is 2.19. The lowest BCUT2D eigenvalue weighted by Crippen LogP contribution is -2.40. The molecule has 99 heavy (non-hydrogen) atoms. The number of carboxylic acid groups (broad SMARTS) is 1. The van der Waals surface area contributed by atoms with E-state index in [4.69, 9.17) is 18.9 Å². The SMILES string of the molecule is CC/C=C\C/C=C\C/C=C\C/C=C\C/C=C\C/C=C\C/C=C\C/C=C\C/C=C\CCCCCCCCCCCC(=O)OC(COC(=O)CCCCCCCCCCCCCCCCC/C=C\C/C=C\C/C=C\C/C=C\C/C=C\C/C=C\C/C=C\CC)COC(OCC[N+](C)(C)C)C(=O)O. The zero-order chi connectivity index (χ0) is 71.8. The third-order valence-corrected chi connectivity index (χ3v) is 16.3. The van der Waals surface area contributed by atoms with Crippen molar-refractivity contribution in [3.05, 3.63) is 194 Å². The Morgan fingerprint density at radius 3 is 0.808 bits per heavy atom. The van der Waals surface area contributed by atoms with Crippen molar-refractivity contribution < 1.29 is 42.9 Å². The topological polar surface area (TPSA) is 108 Å². The van der Waals surface area contributed by atoms with Crippen LogP contribution in [0.25, 0.3) is 0 Å². The molecule has 0 radical (unpaired) electrons. The molecule has 0 aromatic heterocycles. The summed E-state index contributed by atoms with van der Waals surface area (Å²) < 4.78 is 23.0. The van der Waals surface area contributed by atoms with E-state index in [2.05, 4.69) is 208 Å². The molecule has 0 spiro atoms. The van der Waals surface area contributed by atoms with Crippen molar-refractivity contribution >= 4 is 17.9 Å². The molecule has 0 saturated carbocycles. The van der Waals surface area contributed by atoms with Gasteiger partial charge in [-0.15, -0.1) is 0 Å². The van der Waals surface area contributed by atoms with Crippen molar-refractivity contribution in [1.29, 1.82) is 0 Å². The molecule has 0 saturated heterocycles. The Kier molecular flexibility index (Phi) is 73.2. The Hall–Kier alpha value is -5.87. The molecule has 0 heterocycles. The summed E-state index contributed by atoms with van der Waals surface area (Å²) in [6.45, 7) is 4.64. The molecule has 0 aromatic rings. The number of likely N-dealkylation sites (N-methyl/N-ethyl adjacent to an activating group) is 1. The van der Waals surface area contributed by atoms with Crippen molar-refractivity contribution in [3.8, 4) is 0 Å². The second kappa shape index (κ2) is 77.9. The number of hydrogen-bond acceptors (Lipinski definition) is 7. The maximum atomic E-state index is 13.0. The van der Waals surface area contributed by atoms with Crippen molar-refractivity contribution in [2.24, 2.45) is 0 Å². The van der Waals surface area contributed by atoms with Crippen molar-refractivity contribution in [2.45, 2.75) is 309 Å². The zero-order valence-electron chi connectivity index (χ0n) is 63.8. The van der Waals surface area contributed by atoms with Gasteiger partial charge >= 0.3 is 17.9 Å². The first-order valence-electron chi connectivity index (χ1n) is 39.6. The molecule has 0 bridgehead atoms. The molecule has 0 aliphatic heterocycles. The van der Waals surface area contributed by atoms with Gasteiger partial charge < -0.3 is 28.5 Å². The van der Waals surface area contributed by atoms with Gasteiger partial charge in [-0.2, -0.15) is 0 Å². The normalized spacial score (nSPS) is 13.7. The minimum absolute atomic E-state index is 0.178. The van der Waals surface area contributed by atoms with Gasteiger partial charge in [0.25, 0.3) is 6.29 Å². The molecule has 0 aliphatic rings. The molecule has 558 valence electrons. The number of carbonyl (C=O) groups excluding carboxylic acids is 2. The molecule has 2 atom stereocenters. The molecule has 0 amide bonds. The summed E-state index contributed by atoms with van der Waals surface area (Å²) in [5, 5.41) is 9.78. The first kappa shape index (κ1) is 93.1. The highest BCUT2D eigenvalue weighted by Crippen LogP contribution is 2.17. The van der Waals surface area contributed by atoms with Gasteiger partial charge in [0.15, 0.2) is 6.10 Å². The Bertz CT molecular complexity index is 2340. The van der Waals surface area contributed by atoms with Gasteiger partial charge in [0.05, 0.1) is 34.4 Å². The van der Waals surface area contributed by atoms with Crippen LogP contribution in [0.4, 0.5) is 0 Å². The summed E-state index contributed by atoms with van der Waals surface area (Å²) in [6, 6.07) is 0. The molecular weight excluding hydrogens is 1220 g/mol. The lowest BCUT2D eigenvalue weighted by molar-refractivity contribution is -0.870. The van der Waals surface area contributed by atoms with Crippen LogP contribution in [0.1, 0.15) is 296 Å². The number of rotatable bonds is 71. The second-order valence-electron chi connectivity index (χ2n) is 26.9. The van der Waals surface area contributed by atoms with E-state index in [-0.39, 0.29) is 32.2 Å². The first-order valence-corrected chi connectivity index (χ1v) is 39.6. The van der Waals surface area contributed by atoms with Gasteiger partial charge in [0.1, 0.15) is 13.2 Å². The van der Waals surface area contributed by atoms with E-state index in [0.29, 0.717) is 23.9 Å². The summed E-state index contributed by atoms with van der Waals surface area (Å²) in [6.07, 6.45) is 117. The Labute approximate surface area is 608 Å². The third-order valence-electron chi connectivity index (χ3n) is 16.3. The Balaban J connectivity index is 4.12. The largest absolute Gasteiger partial charge is 0.477 e. The first-order chi connectivity index (χ1) is 48.6. The Morgan fingerprint density at radius 1 is 0.303 bits per heavy atom. The van der Waals surface area contributed by atoms with Gasteiger partial charge in [-0.05, 0) is 141 Å². The molecule has 2 unspecified atom stereocenters. The van der Waals surface area contributed by atoms with Crippen LogP contribution in [-0.2, 0) is 33.3 Å². The fraction of sp³-hybridized carbons (Fsp3) is 0.611. The predicted molar refractivity (Wildman–Crippen MR) is 428 cm³/mol. The summed E-state index contributed by atoms with van der Waals surface area (Å²) >= 11 is 0. The highest BCUT2D eigenvalue weighted by atomic mass is 16.7. The molecule has 9 nitrogen and oxygen atoms in total. The van der Waals surface area contributed by atoms with E-state index < -0.39 is 24.3 Å². The lowest BCUT2D eigenvalue weighted by atomic mass is 10.0. The Morgan fingerprint density at radius 2 is 0.545 bits per heavy atom. The van der Waals surface area contributed by atoms with Crippen LogP contribution in [0.15, 0.2) is 194 Å². The summed E-state index contributed by atoms with van der Waals surface area (Å²) in [5.74, 6) is -2.02. The van der Waals surface area contributed by atoms with E-state index >= 15 is 0 Å². The molecule has 1 N–H and O–H groups in total. The van der Waals surface area contributed by atoms with Crippen LogP contribution in [-0.4, -0.2) is 87.4 Å². The van der Waals surface area contributed by atoms with Gasteiger partial charge in [0, 0.05) is 12.8 Å². The number of esters is 2. The van der Waals surface area contributed by atoms with Crippen molar-refractivity contribution in [1.82, 2.24) is 0 Å². The molecule has 9 heteroatoms. The maximum absolute atomic E-state index is 13.0. The quantitative estimate of drug-likeness (QED) is 0.0211. The minimum Gasteiger partial charge on any atom is -0.477 e. The highest BCUT2D eigenvalue weighted by molar-refractivity contribution is 5.71. The highest BCUT2D eigenvalue weighted by Gasteiger charge is 2.25. The molecule has 0 rings (SSSR count). The number of hydrogen-bond donors (Lipinski definition) is 1. The lowest BCUT2D eigenvalue weighted by Gasteiger charge is -2.25. The van der Waals surface area contributed by atoms with Crippen LogP contribution >= 0.6 is 0 Å². The van der Waals surface area contributed by atoms with Crippen molar-refractivity contribution in [2.75, 3.05) is 47.5 Å². The van der Waals surface area contributed by atoms with Gasteiger partial charge in [-0.1, -0.05) is 337 Å². The van der Waals surface area contributed by atoms with Crippen LogP contribution in [0.2, 0.25) is 0 Å². The average molecular weight is 1370 g/mol. The standard InChI is InChI=1S/C90H145NO8/c1-6-8-10-12-14-16-18-20-22-24-26-28-30-32-34-36-38-40-42-44-46-48-50-52-54-56-58-60-62-64-66-68-70-72-74-76-78-80-87(92)97-84-86(85-98-90(89(94)95)96-83-82-91(3,4)5)99-88(93)81-79-77-75-73-71-69-67-65-63-61-59-57-55-53-51-49-47-45-43-41-39-37-35-33-31-29-27-25-23-21-19-17-15-13-11-9-7-2/h8-11,14-17,20-23,26-29,32-35,38-41,44-47,51,53,57,59,86,90H,6-7,12-13,18-19,24-25,30-31,36-37,42-43,48-50,52,54-56,58,60-85H2,1-5H3/p+1/b10-8-,11-9-,16-14-,17-15-,22-20-,23-21-,28-26-,29-27-,34-32-,35-33-,40-38-,41-39-,46-44-,47-45-,53-51-,59-57-. The number of quaternary nitrogens is 1. The van der Waals surface area contributed by atoms with E-state index in [1.165, 1.54) is 116 Å². The third kappa shape index (κ3) is 79.3. The van der Waals surface area contributed by atoms with Crippen molar-refractivity contribution in [3.63, 3.8) is 0 Å². The fourth-order valence-electron chi connectivity index (χ4n) is 10.4. The number of carboxylic acids is 1. The number of ether oxygens (including phenoxy) is 4. The van der Waals surface area contributed by atoms with Gasteiger partial charge in [0.2, 0.25) is 0 Å². The number of aliphatic carboxylic acids is 1. The van der Waals surface area contributed by atoms with E-state index in [0.717, 1.165) is 148 Å². The second-order valence-corrected chi connectivity index (χ2v) is 26.9. The maximum Gasteiger partial charge on any atom is 0.361 e.